The second kappa shape index (κ2) is 9.60. The van der Waals surface area contributed by atoms with Gasteiger partial charge in [0, 0.05) is 28.8 Å². The third-order valence-electron chi connectivity index (χ3n) is 9.02. The summed E-state index contributed by atoms with van der Waals surface area (Å²) in [7, 11) is 0. The Morgan fingerprint density at radius 3 is 1.93 bits per heavy atom. The lowest BCUT2D eigenvalue weighted by atomic mass is 9.52. The first-order valence-corrected chi connectivity index (χ1v) is 14.0. The molecule has 202 valence electrons. The van der Waals surface area contributed by atoms with E-state index < -0.39 is 0 Å². The van der Waals surface area contributed by atoms with Gasteiger partial charge in [-0.3, -0.25) is 0 Å². The molecule has 0 heterocycles. The number of rotatable bonds is 4. The molecule has 4 saturated carbocycles. The predicted octanol–water partition coefficient (Wildman–Crippen LogP) is 7.42. The van der Waals surface area contributed by atoms with E-state index in [-0.39, 0.29) is 22.9 Å². The van der Waals surface area contributed by atoms with E-state index in [2.05, 4.69) is 11.8 Å². The average molecular weight is 533 g/mol. The highest BCUT2D eigenvalue weighted by atomic mass is 16.5. The first-order chi connectivity index (χ1) is 19.4. The maximum absolute atomic E-state index is 10.2. The molecule has 4 fully saturated rings. The molecule has 4 bridgehead atoms. The molecule has 6 nitrogen and oxygen atoms in total. The molecule has 0 spiro atoms. The molecule has 4 aromatic carbocycles. The minimum Gasteiger partial charge on any atom is -0.506 e. The van der Waals surface area contributed by atoms with Gasteiger partial charge in [0.05, 0.1) is 16.9 Å². The van der Waals surface area contributed by atoms with Crippen LogP contribution in [0.25, 0.3) is 10.8 Å². The second-order valence-electron chi connectivity index (χ2n) is 11.7. The fraction of sp³-hybridized carbons (Fsp3) is 0.294. The van der Waals surface area contributed by atoms with Crippen molar-refractivity contribution in [3.05, 3.63) is 72.3 Å². The molecule has 0 amide bonds. The van der Waals surface area contributed by atoms with E-state index in [1.807, 2.05) is 30.3 Å². The summed E-state index contributed by atoms with van der Waals surface area (Å²) in [5.74, 6) is 12.9. The fourth-order valence-electron chi connectivity index (χ4n) is 7.34. The summed E-state index contributed by atoms with van der Waals surface area (Å²) < 4.78 is 12.6. The highest BCUT2D eigenvalue weighted by molar-refractivity contribution is 5.95. The van der Waals surface area contributed by atoms with Crippen molar-refractivity contribution < 1.29 is 19.7 Å². The van der Waals surface area contributed by atoms with Gasteiger partial charge in [-0.2, -0.15) is 0 Å². The number of ether oxygens (including phenoxy) is 2. The summed E-state index contributed by atoms with van der Waals surface area (Å²) in [6.07, 6.45) is 6.70. The van der Waals surface area contributed by atoms with Crippen LogP contribution in [0.4, 0.5) is 11.4 Å². The monoisotopic (exact) mass is 532 g/mol. The normalized spacial score (nSPS) is 24.4. The molecule has 4 aliphatic carbocycles. The zero-order chi connectivity index (χ0) is 27.4. The van der Waals surface area contributed by atoms with Crippen LogP contribution in [0.15, 0.2) is 66.7 Å². The summed E-state index contributed by atoms with van der Waals surface area (Å²) in [5.41, 5.74) is 13.0. The summed E-state index contributed by atoms with van der Waals surface area (Å²) in [6, 6.07) is 19.4. The van der Waals surface area contributed by atoms with Crippen LogP contribution in [0, 0.1) is 41.4 Å². The predicted molar refractivity (Wildman–Crippen MR) is 157 cm³/mol. The Morgan fingerprint density at radius 1 is 0.675 bits per heavy atom. The van der Waals surface area contributed by atoms with E-state index in [0.29, 0.717) is 40.8 Å². The summed E-state index contributed by atoms with van der Waals surface area (Å²) in [4.78, 5) is 0. The number of aromatic hydroxyl groups is 2. The van der Waals surface area contributed by atoms with Crippen molar-refractivity contribution in [3.8, 4) is 46.3 Å². The summed E-state index contributed by atoms with van der Waals surface area (Å²) >= 11 is 0. The topological polar surface area (TPSA) is 111 Å². The number of fused-ring (bicyclic) bond motifs is 1. The van der Waals surface area contributed by atoms with Crippen LogP contribution in [0.2, 0.25) is 0 Å². The van der Waals surface area contributed by atoms with E-state index in [4.69, 9.17) is 20.9 Å². The minimum absolute atomic E-state index is 0.0349. The number of anilines is 2. The van der Waals surface area contributed by atoms with Gasteiger partial charge in [-0.1, -0.05) is 24.0 Å². The molecule has 6 N–H and O–H groups in total. The van der Waals surface area contributed by atoms with Gasteiger partial charge < -0.3 is 31.2 Å². The Kier molecular flexibility index (Phi) is 5.89. The van der Waals surface area contributed by atoms with Crippen LogP contribution in [-0.2, 0) is 0 Å². The molecule has 0 atom stereocenters. The van der Waals surface area contributed by atoms with Crippen molar-refractivity contribution in [2.24, 2.45) is 29.6 Å². The van der Waals surface area contributed by atoms with Crippen molar-refractivity contribution in [3.63, 3.8) is 0 Å². The molecule has 0 aromatic heterocycles. The number of hydrogen-bond acceptors (Lipinski definition) is 6. The molecule has 4 aromatic rings. The fourth-order valence-corrected chi connectivity index (χ4v) is 7.34. The lowest BCUT2D eigenvalue weighted by Crippen LogP contribution is -2.44. The van der Waals surface area contributed by atoms with Crippen molar-refractivity contribution >= 4 is 22.1 Å². The molecule has 0 saturated heterocycles. The number of phenols is 2. The first kappa shape index (κ1) is 24.5. The molecule has 4 aliphatic rings. The smallest absolute Gasteiger partial charge is 0.150 e. The molecule has 40 heavy (non-hydrogen) atoms. The van der Waals surface area contributed by atoms with Crippen molar-refractivity contribution in [1.82, 2.24) is 0 Å². The van der Waals surface area contributed by atoms with E-state index >= 15 is 0 Å². The second-order valence-corrected chi connectivity index (χ2v) is 11.7. The van der Waals surface area contributed by atoms with Crippen LogP contribution < -0.4 is 20.9 Å². The number of phenolic OH excluding ortho intramolecular Hbond substituents is 2. The van der Waals surface area contributed by atoms with Gasteiger partial charge in [0.1, 0.15) is 28.7 Å². The highest BCUT2D eigenvalue weighted by Crippen LogP contribution is 2.56. The van der Waals surface area contributed by atoms with Crippen LogP contribution in [0.3, 0.4) is 0 Å². The quantitative estimate of drug-likeness (QED) is 0.124. The number of benzene rings is 4. The Morgan fingerprint density at radius 2 is 1.30 bits per heavy atom. The van der Waals surface area contributed by atoms with Crippen LogP contribution in [0.1, 0.15) is 37.7 Å². The molecular weight excluding hydrogens is 500 g/mol. The molecule has 6 heteroatoms. The maximum Gasteiger partial charge on any atom is 0.150 e. The van der Waals surface area contributed by atoms with Gasteiger partial charge >= 0.3 is 0 Å². The lowest BCUT2D eigenvalue weighted by Gasteiger charge is -2.52. The van der Waals surface area contributed by atoms with Gasteiger partial charge in [0.2, 0.25) is 0 Å². The van der Waals surface area contributed by atoms with E-state index in [1.54, 1.807) is 24.3 Å². The Hall–Kier alpha value is -4.50. The van der Waals surface area contributed by atoms with Crippen molar-refractivity contribution in [2.45, 2.75) is 32.1 Å². The van der Waals surface area contributed by atoms with Crippen LogP contribution in [-0.4, -0.2) is 10.2 Å². The van der Waals surface area contributed by atoms with E-state index in [9.17, 15) is 10.2 Å². The van der Waals surface area contributed by atoms with Gasteiger partial charge in [-0.25, -0.2) is 0 Å². The first-order valence-electron chi connectivity index (χ1n) is 14.0. The number of nitrogen functional groups attached to an aromatic ring is 2. The zero-order valence-electron chi connectivity index (χ0n) is 22.1. The Bertz CT molecular complexity index is 1660. The standard InChI is InChI=1S/C34H32N2O4/c35-29-10-6-24(17-31(29)37)39-33-3-1-2-28-27(33)9-5-21(34(28)40-25-7-11-30(36)32(38)18-25)4-8-26-22-13-19-12-20(15-22)16-23(26)14-19/h1-3,5-7,9-11,17-20,22-23,26,37-38H,12-16,35-36H2. The Labute approximate surface area is 233 Å². The van der Waals surface area contributed by atoms with Gasteiger partial charge in [0.25, 0.3) is 0 Å². The SMILES string of the molecule is Nc1ccc(Oc2cccc3c(Oc4ccc(N)c(O)c4)c(C#CC4C5CC6CC(C5)CC4C6)ccc23)cc1O. The van der Waals surface area contributed by atoms with Gasteiger partial charge in [-0.05, 0) is 98.2 Å². The largest absolute Gasteiger partial charge is 0.506 e. The number of hydrogen-bond donors (Lipinski definition) is 4. The zero-order valence-corrected chi connectivity index (χ0v) is 22.1. The van der Waals surface area contributed by atoms with Gasteiger partial charge in [-0.15, -0.1) is 0 Å². The third-order valence-corrected chi connectivity index (χ3v) is 9.02. The highest BCUT2D eigenvalue weighted by Gasteiger charge is 2.47. The molecule has 0 unspecified atom stereocenters. The van der Waals surface area contributed by atoms with Crippen molar-refractivity contribution in [1.29, 1.82) is 0 Å². The van der Waals surface area contributed by atoms with Crippen LogP contribution in [0.5, 0.6) is 34.5 Å². The molecular formula is C34H32N2O4. The summed E-state index contributed by atoms with van der Waals surface area (Å²) in [6.45, 7) is 0. The van der Waals surface area contributed by atoms with Gasteiger partial charge in [0.15, 0.2) is 5.75 Å². The van der Waals surface area contributed by atoms with E-state index in [0.717, 1.165) is 28.2 Å². The van der Waals surface area contributed by atoms with Crippen molar-refractivity contribution in [2.75, 3.05) is 11.5 Å². The Balaban J connectivity index is 1.30. The van der Waals surface area contributed by atoms with Crippen LogP contribution >= 0.6 is 0 Å². The van der Waals surface area contributed by atoms with E-state index in [1.165, 1.54) is 44.2 Å². The lowest BCUT2D eigenvalue weighted by molar-refractivity contribution is -0.0122. The molecule has 8 rings (SSSR count). The third kappa shape index (κ3) is 4.42. The molecule has 0 aliphatic heterocycles. The minimum atomic E-state index is -0.0360. The number of nitrogens with two attached hydrogens (primary N) is 2. The maximum atomic E-state index is 10.2. The summed E-state index contributed by atoms with van der Waals surface area (Å²) in [5, 5.41) is 21.9. The molecule has 0 radical (unpaired) electrons. The average Bonchev–Trinajstić information content (AvgIpc) is 2.93.